The SMILES string of the molecule is COCC(C)Nc1ncc2c(=O)[nH]ccc2n1.FC1(F)CCCNC1.OC1CCCCC1. The fourth-order valence-corrected chi connectivity index (χ4v) is 3.47. The molecular weight excluding hydrogens is 420 g/mol. The van der Waals surface area contributed by atoms with Crippen molar-refractivity contribution in [1.82, 2.24) is 20.3 Å². The number of halogens is 2. The lowest BCUT2D eigenvalue weighted by atomic mass is 9.98. The molecule has 1 atom stereocenters. The first-order chi connectivity index (χ1) is 15.3. The Kier molecular flexibility index (Phi) is 10.9. The van der Waals surface area contributed by atoms with Crippen LogP contribution in [0.25, 0.3) is 10.9 Å². The molecule has 32 heavy (non-hydrogen) atoms. The number of rotatable bonds is 4. The van der Waals surface area contributed by atoms with Crippen molar-refractivity contribution < 1.29 is 18.6 Å². The van der Waals surface area contributed by atoms with Crippen LogP contribution in [0.3, 0.4) is 0 Å². The third kappa shape index (κ3) is 9.54. The van der Waals surface area contributed by atoms with Crippen molar-refractivity contribution in [1.29, 1.82) is 0 Å². The summed E-state index contributed by atoms with van der Waals surface area (Å²) >= 11 is 0. The number of aliphatic hydroxyl groups excluding tert-OH is 1. The number of fused-ring (bicyclic) bond motifs is 1. The number of aliphatic hydroxyl groups is 1. The van der Waals surface area contributed by atoms with Crippen molar-refractivity contribution in [2.75, 3.05) is 32.1 Å². The molecule has 4 N–H and O–H groups in total. The van der Waals surface area contributed by atoms with E-state index in [0.29, 0.717) is 29.9 Å². The fourth-order valence-electron chi connectivity index (χ4n) is 3.47. The first kappa shape index (κ1) is 26.1. The maximum Gasteiger partial charge on any atom is 0.260 e. The number of nitrogens with one attached hydrogen (secondary N) is 3. The van der Waals surface area contributed by atoms with Crippen LogP contribution in [0.1, 0.15) is 51.9 Å². The molecule has 8 nitrogen and oxygen atoms in total. The van der Waals surface area contributed by atoms with Crippen LogP contribution in [-0.2, 0) is 4.74 Å². The quantitative estimate of drug-likeness (QED) is 0.560. The lowest BCUT2D eigenvalue weighted by Gasteiger charge is -2.21. The molecule has 1 aliphatic carbocycles. The summed E-state index contributed by atoms with van der Waals surface area (Å²) in [5, 5.41) is 15.1. The van der Waals surface area contributed by atoms with E-state index in [0.717, 1.165) is 19.4 Å². The molecule has 0 spiro atoms. The first-order valence-electron chi connectivity index (χ1n) is 11.2. The smallest absolute Gasteiger partial charge is 0.260 e. The van der Waals surface area contributed by atoms with Gasteiger partial charge in [-0.25, -0.2) is 18.7 Å². The van der Waals surface area contributed by atoms with Gasteiger partial charge in [-0.05, 0) is 38.8 Å². The fraction of sp³-hybridized carbons (Fsp3) is 0.682. The van der Waals surface area contributed by atoms with Gasteiger partial charge in [0.15, 0.2) is 0 Å². The maximum atomic E-state index is 12.1. The van der Waals surface area contributed by atoms with Gasteiger partial charge in [-0.15, -0.1) is 0 Å². The molecule has 2 aromatic heterocycles. The minimum atomic E-state index is -2.43. The van der Waals surface area contributed by atoms with Crippen molar-refractivity contribution >= 4 is 16.9 Å². The molecule has 1 saturated carbocycles. The Labute approximate surface area is 187 Å². The number of aromatic amines is 1. The second kappa shape index (κ2) is 13.4. The molecule has 0 radical (unpaired) electrons. The van der Waals surface area contributed by atoms with Gasteiger partial charge in [0.25, 0.3) is 11.5 Å². The minimum absolute atomic E-state index is 0.0359. The average molecular weight is 456 g/mol. The zero-order valence-corrected chi connectivity index (χ0v) is 18.9. The molecule has 0 bridgehead atoms. The normalized spacial score (nSPS) is 19.2. The van der Waals surface area contributed by atoms with Gasteiger partial charge in [0.05, 0.1) is 30.2 Å². The average Bonchev–Trinajstić information content (AvgIpc) is 2.75. The summed E-state index contributed by atoms with van der Waals surface area (Å²) in [4.78, 5) is 22.4. The van der Waals surface area contributed by atoms with Gasteiger partial charge in [-0.1, -0.05) is 19.3 Å². The third-order valence-electron chi connectivity index (χ3n) is 5.17. The molecule has 2 aromatic rings. The number of methoxy groups -OCH3 is 1. The van der Waals surface area contributed by atoms with E-state index in [9.17, 15) is 13.6 Å². The second-order valence-electron chi connectivity index (χ2n) is 8.23. The van der Waals surface area contributed by atoms with Gasteiger partial charge < -0.3 is 25.5 Å². The molecule has 10 heteroatoms. The Balaban J connectivity index is 0.000000199. The Morgan fingerprint density at radius 1 is 1.31 bits per heavy atom. The Morgan fingerprint density at radius 3 is 2.59 bits per heavy atom. The molecule has 180 valence electrons. The highest BCUT2D eigenvalue weighted by Gasteiger charge is 2.30. The van der Waals surface area contributed by atoms with Crippen LogP contribution in [0.5, 0.6) is 0 Å². The van der Waals surface area contributed by atoms with E-state index < -0.39 is 5.92 Å². The summed E-state index contributed by atoms with van der Waals surface area (Å²) in [6.45, 7) is 3.15. The second-order valence-corrected chi connectivity index (χ2v) is 8.23. The van der Waals surface area contributed by atoms with Crippen molar-refractivity contribution in [2.45, 2.75) is 69.9 Å². The summed E-state index contributed by atoms with van der Waals surface area (Å²) < 4.78 is 29.3. The van der Waals surface area contributed by atoms with Gasteiger partial charge in [0, 0.05) is 32.0 Å². The number of nitrogens with zero attached hydrogens (tertiary/aromatic N) is 2. The van der Waals surface area contributed by atoms with Crippen LogP contribution in [0, 0.1) is 0 Å². The summed E-state index contributed by atoms with van der Waals surface area (Å²) in [6.07, 6.45) is 9.67. The summed E-state index contributed by atoms with van der Waals surface area (Å²) in [5.41, 5.74) is 0.440. The van der Waals surface area contributed by atoms with E-state index in [1.54, 1.807) is 19.4 Å². The van der Waals surface area contributed by atoms with Crippen molar-refractivity contribution in [3.05, 3.63) is 28.8 Å². The predicted octanol–water partition coefficient (Wildman–Crippen LogP) is 3.08. The van der Waals surface area contributed by atoms with Crippen molar-refractivity contribution in [3.8, 4) is 0 Å². The van der Waals surface area contributed by atoms with E-state index in [2.05, 4.69) is 25.6 Å². The molecule has 0 aromatic carbocycles. The highest BCUT2D eigenvalue weighted by atomic mass is 19.3. The van der Waals surface area contributed by atoms with Gasteiger partial charge in [0.1, 0.15) is 0 Å². The highest BCUT2D eigenvalue weighted by Crippen LogP contribution is 2.21. The molecule has 1 unspecified atom stereocenters. The lowest BCUT2D eigenvalue weighted by molar-refractivity contribution is -0.0208. The molecule has 2 aliphatic rings. The number of aromatic nitrogens is 3. The van der Waals surface area contributed by atoms with Crippen LogP contribution in [0.4, 0.5) is 14.7 Å². The van der Waals surface area contributed by atoms with Gasteiger partial charge in [-0.2, -0.15) is 0 Å². The number of piperidine rings is 1. The third-order valence-corrected chi connectivity index (χ3v) is 5.17. The van der Waals surface area contributed by atoms with Crippen molar-refractivity contribution in [3.63, 3.8) is 0 Å². The lowest BCUT2D eigenvalue weighted by Crippen LogP contribution is -2.38. The summed E-state index contributed by atoms with van der Waals surface area (Å²) in [5.74, 6) is -1.94. The standard InChI is InChI=1S/C11H14N4O2.C6H12O.C5H9F2N/c1-7(6-17-2)14-11-13-5-8-9(15-11)3-4-12-10(8)16;7-6-4-2-1-3-5-6;6-5(7)2-1-3-8-4-5/h3-5,7H,6H2,1-2H3,(H,12,16)(H,13,14,15);6-7H,1-5H2;8H,1-4H2. The van der Waals surface area contributed by atoms with E-state index in [1.165, 1.54) is 25.5 Å². The molecule has 0 amide bonds. The number of hydrogen-bond donors (Lipinski definition) is 4. The monoisotopic (exact) mass is 455 g/mol. The number of alkyl halides is 2. The Bertz CT molecular complexity index is 851. The highest BCUT2D eigenvalue weighted by molar-refractivity contribution is 5.77. The molecular formula is C22H35F2N5O3. The summed E-state index contributed by atoms with van der Waals surface area (Å²) in [6, 6.07) is 1.85. The molecule has 3 heterocycles. The zero-order valence-electron chi connectivity index (χ0n) is 18.9. The molecule has 1 aliphatic heterocycles. The number of ether oxygens (including phenoxy) is 1. The van der Waals surface area contributed by atoms with E-state index in [-0.39, 0.29) is 30.7 Å². The molecule has 4 rings (SSSR count). The van der Waals surface area contributed by atoms with Crippen molar-refractivity contribution in [2.24, 2.45) is 0 Å². The van der Waals surface area contributed by atoms with E-state index in [1.807, 2.05) is 6.92 Å². The van der Waals surface area contributed by atoms with Crippen LogP contribution in [-0.4, -0.2) is 64.9 Å². The van der Waals surface area contributed by atoms with Crippen LogP contribution in [0.2, 0.25) is 0 Å². The van der Waals surface area contributed by atoms with Gasteiger partial charge in [-0.3, -0.25) is 4.79 Å². The molecule has 2 fully saturated rings. The van der Waals surface area contributed by atoms with Crippen LogP contribution < -0.4 is 16.2 Å². The Morgan fingerprint density at radius 2 is 2.06 bits per heavy atom. The minimum Gasteiger partial charge on any atom is -0.393 e. The van der Waals surface area contributed by atoms with E-state index >= 15 is 0 Å². The van der Waals surface area contributed by atoms with Crippen LogP contribution in [0.15, 0.2) is 23.3 Å². The number of anilines is 1. The zero-order chi connectivity index (χ0) is 23.4. The van der Waals surface area contributed by atoms with Gasteiger partial charge in [0.2, 0.25) is 5.95 Å². The van der Waals surface area contributed by atoms with Gasteiger partial charge >= 0.3 is 0 Å². The van der Waals surface area contributed by atoms with Crippen LogP contribution >= 0.6 is 0 Å². The Hall–Kier alpha value is -2.17. The topological polar surface area (TPSA) is 112 Å². The molecule has 1 saturated heterocycles. The van der Waals surface area contributed by atoms with E-state index in [4.69, 9.17) is 9.84 Å². The number of H-pyrrole nitrogens is 1. The summed E-state index contributed by atoms with van der Waals surface area (Å²) in [7, 11) is 1.64. The number of hydrogen-bond acceptors (Lipinski definition) is 7. The number of pyridine rings is 1. The predicted molar refractivity (Wildman–Crippen MR) is 121 cm³/mol. The first-order valence-corrected chi connectivity index (χ1v) is 11.2. The maximum absolute atomic E-state index is 12.1. The largest absolute Gasteiger partial charge is 0.393 e.